The summed E-state index contributed by atoms with van der Waals surface area (Å²) in [5.41, 5.74) is 0.394. The molecular formula is C15H29N5. The van der Waals surface area contributed by atoms with Crippen LogP contribution in [0.3, 0.4) is 0 Å². The molecule has 0 radical (unpaired) electrons. The average Bonchev–Trinajstić information content (AvgIpc) is 2.76. The number of hydrogen-bond donors (Lipinski definition) is 1. The van der Waals surface area contributed by atoms with Gasteiger partial charge in [-0.15, -0.1) is 10.2 Å². The highest BCUT2D eigenvalue weighted by Crippen LogP contribution is 2.41. The molecule has 114 valence electrons. The van der Waals surface area contributed by atoms with Crippen molar-refractivity contribution >= 4 is 0 Å². The maximum absolute atomic E-state index is 4.35. The monoisotopic (exact) mass is 279 g/mol. The number of tetrazole rings is 1. The number of nitrogens with one attached hydrogen (secondary N) is 1. The molecule has 1 aromatic heterocycles. The van der Waals surface area contributed by atoms with Gasteiger partial charge < -0.3 is 5.32 Å². The van der Waals surface area contributed by atoms with E-state index >= 15 is 0 Å². The minimum atomic E-state index is 0.394. The molecule has 0 bridgehead atoms. The Bertz CT molecular complexity index is 420. The molecule has 1 aliphatic rings. The van der Waals surface area contributed by atoms with Gasteiger partial charge in [-0.1, -0.05) is 27.7 Å². The first-order chi connectivity index (χ1) is 9.40. The summed E-state index contributed by atoms with van der Waals surface area (Å²) in [7, 11) is 1.83. The van der Waals surface area contributed by atoms with Crippen LogP contribution in [0.25, 0.3) is 0 Å². The molecule has 5 heteroatoms. The van der Waals surface area contributed by atoms with Gasteiger partial charge in [0.05, 0.1) is 7.05 Å². The summed E-state index contributed by atoms with van der Waals surface area (Å²) in [6.45, 7) is 10.3. The highest BCUT2D eigenvalue weighted by molar-refractivity contribution is 4.93. The molecule has 0 spiro atoms. The van der Waals surface area contributed by atoms with Crippen LogP contribution in [0, 0.1) is 17.3 Å². The van der Waals surface area contributed by atoms with Gasteiger partial charge in [0.15, 0.2) is 5.82 Å². The zero-order valence-electron chi connectivity index (χ0n) is 13.6. The largest absolute Gasteiger partial charge is 0.314 e. The summed E-state index contributed by atoms with van der Waals surface area (Å²) in [6, 6.07) is 0.599. The Morgan fingerprint density at radius 3 is 2.60 bits per heavy atom. The Morgan fingerprint density at radius 1 is 1.30 bits per heavy atom. The standard InChI is InChI=1S/C15H29N5/c1-6-16-13-8-7-12(15(2,3)4)9-11(13)10-14-17-19-20(5)18-14/h11-13,16H,6-10H2,1-5H3. The Morgan fingerprint density at radius 2 is 2.05 bits per heavy atom. The van der Waals surface area contributed by atoms with Gasteiger partial charge in [0.1, 0.15) is 0 Å². The normalized spacial score (nSPS) is 27.8. The first-order valence-corrected chi connectivity index (χ1v) is 7.86. The van der Waals surface area contributed by atoms with Crippen molar-refractivity contribution < 1.29 is 0 Å². The SMILES string of the molecule is CCNC1CCC(C(C)(C)C)CC1Cc1nnn(C)n1. The molecule has 0 aliphatic heterocycles. The van der Waals surface area contributed by atoms with Crippen molar-refractivity contribution in [1.29, 1.82) is 0 Å². The van der Waals surface area contributed by atoms with E-state index in [0.29, 0.717) is 17.4 Å². The number of aromatic nitrogens is 4. The molecule has 20 heavy (non-hydrogen) atoms. The van der Waals surface area contributed by atoms with Gasteiger partial charge in [0.2, 0.25) is 0 Å². The third kappa shape index (κ3) is 3.78. The van der Waals surface area contributed by atoms with Crippen molar-refractivity contribution in [1.82, 2.24) is 25.5 Å². The van der Waals surface area contributed by atoms with E-state index in [1.165, 1.54) is 19.3 Å². The van der Waals surface area contributed by atoms with Crippen molar-refractivity contribution in [3.8, 4) is 0 Å². The summed E-state index contributed by atoms with van der Waals surface area (Å²) < 4.78 is 0. The highest BCUT2D eigenvalue weighted by Gasteiger charge is 2.36. The van der Waals surface area contributed by atoms with E-state index < -0.39 is 0 Å². The van der Waals surface area contributed by atoms with E-state index in [2.05, 4.69) is 48.4 Å². The Labute approximate surface area is 122 Å². The van der Waals surface area contributed by atoms with E-state index in [1.807, 2.05) is 7.05 Å². The summed E-state index contributed by atoms with van der Waals surface area (Å²) >= 11 is 0. The fourth-order valence-corrected chi connectivity index (χ4v) is 3.45. The van der Waals surface area contributed by atoms with Gasteiger partial charge in [0.25, 0.3) is 0 Å². The second-order valence-electron chi connectivity index (χ2n) is 7.20. The first kappa shape index (κ1) is 15.4. The molecule has 3 atom stereocenters. The molecule has 1 heterocycles. The third-order valence-corrected chi connectivity index (χ3v) is 4.67. The Hall–Kier alpha value is -0.970. The summed E-state index contributed by atoms with van der Waals surface area (Å²) in [6.07, 6.45) is 4.80. The van der Waals surface area contributed by atoms with Crippen LogP contribution in [0.2, 0.25) is 0 Å². The highest BCUT2D eigenvalue weighted by atomic mass is 15.6. The van der Waals surface area contributed by atoms with Crippen molar-refractivity contribution in [3.05, 3.63) is 5.82 Å². The first-order valence-electron chi connectivity index (χ1n) is 7.86. The molecule has 1 saturated carbocycles. The lowest BCUT2D eigenvalue weighted by Gasteiger charge is -2.42. The molecule has 1 aromatic rings. The number of aryl methyl sites for hydroxylation is 1. The summed E-state index contributed by atoms with van der Waals surface area (Å²) in [4.78, 5) is 1.56. The van der Waals surface area contributed by atoms with E-state index in [4.69, 9.17) is 0 Å². The average molecular weight is 279 g/mol. The summed E-state index contributed by atoms with van der Waals surface area (Å²) in [5, 5.41) is 16.1. The van der Waals surface area contributed by atoms with E-state index in [-0.39, 0.29) is 0 Å². The van der Waals surface area contributed by atoms with Gasteiger partial charge in [0, 0.05) is 12.5 Å². The van der Waals surface area contributed by atoms with Gasteiger partial charge in [-0.3, -0.25) is 0 Å². The molecule has 1 N–H and O–H groups in total. The molecule has 5 nitrogen and oxygen atoms in total. The van der Waals surface area contributed by atoms with Crippen LogP contribution in [-0.2, 0) is 13.5 Å². The number of nitrogens with zero attached hydrogens (tertiary/aromatic N) is 4. The Balaban J connectivity index is 2.06. The molecule has 0 aromatic carbocycles. The zero-order valence-corrected chi connectivity index (χ0v) is 13.6. The van der Waals surface area contributed by atoms with Crippen LogP contribution in [0.5, 0.6) is 0 Å². The number of rotatable bonds is 4. The predicted molar refractivity (Wildman–Crippen MR) is 80.3 cm³/mol. The minimum Gasteiger partial charge on any atom is -0.314 e. The van der Waals surface area contributed by atoms with Crippen LogP contribution in [-0.4, -0.2) is 32.8 Å². The van der Waals surface area contributed by atoms with E-state index in [9.17, 15) is 0 Å². The van der Waals surface area contributed by atoms with Crippen LogP contribution in [0.15, 0.2) is 0 Å². The maximum atomic E-state index is 4.35. The van der Waals surface area contributed by atoms with Crippen molar-refractivity contribution in [2.75, 3.05) is 6.54 Å². The van der Waals surface area contributed by atoms with E-state index in [1.54, 1.807) is 4.80 Å². The molecule has 0 saturated heterocycles. The molecular weight excluding hydrogens is 250 g/mol. The van der Waals surface area contributed by atoms with Crippen LogP contribution in [0.1, 0.15) is 52.8 Å². The van der Waals surface area contributed by atoms with Gasteiger partial charge in [-0.25, -0.2) is 0 Å². The number of hydrogen-bond acceptors (Lipinski definition) is 4. The molecule has 0 amide bonds. The summed E-state index contributed by atoms with van der Waals surface area (Å²) in [5.74, 6) is 2.30. The second-order valence-corrected chi connectivity index (χ2v) is 7.20. The fraction of sp³-hybridized carbons (Fsp3) is 0.933. The fourth-order valence-electron chi connectivity index (χ4n) is 3.45. The lowest BCUT2D eigenvalue weighted by atomic mass is 9.67. The molecule has 2 rings (SSSR count). The van der Waals surface area contributed by atoms with Gasteiger partial charge >= 0.3 is 0 Å². The van der Waals surface area contributed by atoms with Gasteiger partial charge in [-0.2, -0.15) is 4.80 Å². The lowest BCUT2D eigenvalue weighted by Crippen LogP contribution is -2.43. The maximum Gasteiger partial charge on any atom is 0.175 e. The van der Waals surface area contributed by atoms with Crippen molar-refractivity contribution in [2.24, 2.45) is 24.3 Å². The van der Waals surface area contributed by atoms with Crippen LogP contribution < -0.4 is 5.32 Å². The lowest BCUT2D eigenvalue weighted by molar-refractivity contribution is 0.113. The molecule has 1 aliphatic carbocycles. The van der Waals surface area contributed by atoms with Crippen molar-refractivity contribution in [2.45, 2.75) is 59.4 Å². The van der Waals surface area contributed by atoms with E-state index in [0.717, 1.165) is 24.7 Å². The minimum absolute atomic E-state index is 0.394. The second kappa shape index (κ2) is 6.20. The van der Waals surface area contributed by atoms with Crippen molar-refractivity contribution in [3.63, 3.8) is 0 Å². The third-order valence-electron chi connectivity index (χ3n) is 4.67. The predicted octanol–water partition coefficient (Wildman–Crippen LogP) is 2.19. The smallest absolute Gasteiger partial charge is 0.175 e. The van der Waals surface area contributed by atoms with Gasteiger partial charge in [-0.05, 0) is 48.3 Å². The topological polar surface area (TPSA) is 55.6 Å². The molecule has 1 fully saturated rings. The quantitative estimate of drug-likeness (QED) is 0.918. The zero-order chi connectivity index (χ0) is 14.8. The molecule has 3 unspecified atom stereocenters. The van der Waals surface area contributed by atoms with Crippen LogP contribution >= 0.6 is 0 Å². The Kier molecular flexibility index (Phi) is 4.78. The van der Waals surface area contributed by atoms with Crippen LogP contribution in [0.4, 0.5) is 0 Å².